The minimum atomic E-state index is -0.146. The third-order valence-electron chi connectivity index (χ3n) is 3.48. The number of methoxy groups -OCH3 is 2. The maximum atomic E-state index is 12.1. The Labute approximate surface area is 133 Å². The molecule has 0 atom stereocenters. The molecule has 0 saturated carbocycles. The van der Waals surface area contributed by atoms with Gasteiger partial charge in [-0.1, -0.05) is 23.7 Å². The number of ether oxygens (including phenoxy) is 2. The van der Waals surface area contributed by atoms with E-state index in [1.165, 1.54) is 0 Å². The maximum absolute atomic E-state index is 12.1. The van der Waals surface area contributed by atoms with Gasteiger partial charge in [0.25, 0.3) is 5.91 Å². The van der Waals surface area contributed by atoms with E-state index >= 15 is 0 Å². The molecule has 3 rings (SSSR count). The van der Waals surface area contributed by atoms with Crippen molar-refractivity contribution >= 4 is 34.8 Å². The zero-order valence-electron chi connectivity index (χ0n) is 12.1. The van der Waals surface area contributed by atoms with Crippen molar-refractivity contribution in [3.8, 4) is 11.5 Å². The van der Waals surface area contributed by atoms with Crippen molar-refractivity contribution in [1.29, 1.82) is 0 Å². The summed E-state index contributed by atoms with van der Waals surface area (Å²) in [6.45, 7) is 0. The number of rotatable bonds is 3. The average molecular weight is 316 g/mol. The van der Waals surface area contributed by atoms with Gasteiger partial charge in [0.1, 0.15) is 0 Å². The van der Waals surface area contributed by atoms with Gasteiger partial charge >= 0.3 is 0 Å². The summed E-state index contributed by atoms with van der Waals surface area (Å²) >= 11 is 5.95. The molecule has 1 heterocycles. The number of halogens is 1. The van der Waals surface area contributed by atoms with Crippen molar-refractivity contribution in [3.63, 3.8) is 0 Å². The summed E-state index contributed by atoms with van der Waals surface area (Å²) in [6, 6.07) is 10.8. The van der Waals surface area contributed by atoms with Gasteiger partial charge in [0, 0.05) is 16.2 Å². The highest BCUT2D eigenvalue weighted by molar-refractivity contribution is 6.36. The second-order valence-electron chi connectivity index (χ2n) is 4.82. The highest BCUT2D eigenvalue weighted by atomic mass is 35.5. The maximum Gasteiger partial charge on any atom is 0.256 e. The van der Waals surface area contributed by atoms with Crippen LogP contribution in [0.2, 0.25) is 5.02 Å². The first-order valence-corrected chi connectivity index (χ1v) is 7.05. The van der Waals surface area contributed by atoms with E-state index in [2.05, 4.69) is 5.32 Å². The van der Waals surface area contributed by atoms with E-state index in [0.717, 1.165) is 16.8 Å². The number of fused-ring (bicyclic) bond motifs is 1. The van der Waals surface area contributed by atoms with Crippen molar-refractivity contribution < 1.29 is 14.3 Å². The van der Waals surface area contributed by atoms with E-state index in [0.29, 0.717) is 22.1 Å². The van der Waals surface area contributed by atoms with Crippen LogP contribution in [0.5, 0.6) is 11.5 Å². The highest BCUT2D eigenvalue weighted by Gasteiger charge is 2.24. The average Bonchev–Trinajstić information content (AvgIpc) is 2.82. The molecule has 22 heavy (non-hydrogen) atoms. The number of carbonyl (C=O) groups excluding carboxylic acids is 1. The zero-order valence-corrected chi connectivity index (χ0v) is 12.9. The van der Waals surface area contributed by atoms with Gasteiger partial charge in [-0.05, 0) is 35.9 Å². The zero-order chi connectivity index (χ0) is 15.7. The fourth-order valence-corrected chi connectivity index (χ4v) is 2.59. The second kappa shape index (κ2) is 5.73. The van der Waals surface area contributed by atoms with Crippen molar-refractivity contribution in [2.45, 2.75) is 0 Å². The fourth-order valence-electron chi connectivity index (χ4n) is 2.42. The summed E-state index contributed by atoms with van der Waals surface area (Å²) in [5, 5.41) is 3.40. The van der Waals surface area contributed by atoms with Gasteiger partial charge in [-0.2, -0.15) is 0 Å². The molecular weight excluding hydrogens is 302 g/mol. The molecule has 2 aromatic rings. The molecule has 4 nitrogen and oxygen atoms in total. The van der Waals surface area contributed by atoms with Crippen molar-refractivity contribution in [2.75, 3.05) is 19.5 Å². The molecule has 0 aliphatic carbocycles. The van der Waals surface area contributed by atoms with Crippen molar-refractivity contribution in [1.82, 2.24) is 0 Å². The molecule has 0 bridgehead atoms. The molecule has 2 aromatic carbocycles. The Morgan fingerprint density at radius 1 is 1.05 bits per heavy atom. The Hall–Kier alpha value is -2.46. The SMILES string of the molecule is COc1ccc(/C=C2/C(=O)Nc3cc(Cl)ccc32)cc1OC. The molecule has 0 fully saturated rings. The summed E-state index contributed by atoms with van der Waals surface area (Å²) in [4.78, 5) is 12.1. The second-order valence-corrected chi connectivity index (χ2v) is 5.25. The number of anilines is 1. The van der Waals surface area contributed by atoms with Crippen LogP contribution in [0.4, 0.5) is 5.69 Å². The summed E-state index contributed by atoms with van der Waals surface area (Å²) in [7, 11) is 3.16. The lowest BCUT2D eigenvalue weighted by atomic mass is 10.0. The molecule has 0 spiro atoms. The third-order valence-corrected chi connectivity index (χ3v) is 3.72. The molecular formula is C17H14ClNO3. The summed E-state index contributed by atoms with van der Waals surface area (Å²) in [5.74, 6) is 1.12. The number of hydrogen-bond acceptors (Lipinski definition) is 3. The fraction of sp³-hybridized carbons (Fsp3) is 0.118. The Bertz CT molecular complexity index is 783. The Morgan fingerprint density at radius 2 is 1.82 bits per heavy atom. The number of amides is 1. The predicted octanol–water partition coefficient (Wildman–Crippen LogP) is 3.85. The van der Waals surface area contributed by atoms with Crippen LogP contribution in [-0.4, -0.2) is 20.1 Å². The largest absolute Gasteiger partial charge is 0.493 e. The molecule has 0 radical (unpaired) electrons. The lowest BCUT2D eigenvalue weighted by molar-refractivity contribution is -0.110. The molecule has 1 aliphatic rings. The molecule has 1 amide bonds. The summed E-state index contributed by atoms with van der Waals surface area (Å²) in [5.41, 5.74) is 3.01. The van der Waals surface area contributed by atoms with Crippen LogP contribution in [-0.2, 0) is 4.79 Å². The molecule has 5 heteroatoms. The lowest BCUT2D eigenvalue weighted by Crippen LogP contribution is -2.03. The van der Waals surface area contributed by atoms with E-state index in [9.17, 15) is 4.79 Å². The third kappa shape index (κ3) is 2.53. The van der Waals surface area contributed by atoms with E-state index < -0.39 is 0 Å². The number of carbonyl (C=O) groups is 1. The topological polar surface area (TPSA) is 47.6 Å². The first kappa shape index (κ1) is 14.5. The molecule has 0 unspecified atom stereocenters. The van der Waals surface area contributed by atoms with Crippen LogP contribution in [0, 0.1) is 0 Å². The molecule has 112 valence electrons. The smallest absolute Gasteiger partial charge is 0.256 e. The van der Waals surface area contributed by atoms with Crippen LogP contribution >= 0.6 is 11.6 Å². The minimum Gasteiger partial charge on any atom is -0.493 e. The monoisotopic (exact) mass is 315 g/mol. The van der Waals surface area contributed by atoms with E-state index in [1.54, 1.807) is 32.4 Å². The molecule has 0 saturated heterocycles. The number of benzene rings is 2. The predicted molar refractivity (Wildman–Crippen MR) is 87.5 cm³/mol. The van der Waals surface area contributed by atoms with Gasteiger partial charge in [-0.25, -0.2) is 0 Å². The van der Waals surface area contributed by atoms with E-state index in [4.69, 9.17) is 21.1 Å². The first-order valence-electron chi connectivity index (χ1n) is 6.67. The Kier molecular flexibility index (Phi) is 3.77. The highest BCUT2D eigenvalue weighted by Crippen LogP contribution is 2.36. The van der Waals surface area contributed by atoms with Crippen LogP contribution in [0.3, 0.4) is 0 Å². The van der Waals surface area contributed by atoms with Gasteiger partial charge in [-0.15, -0.1) is 0 Å². The van der Waals surface area contributed by atoms with Crippen LogP contribution in [0.15, 0.2) is 36.4 Å². The number of nitrogens with one attached hydrogen (secondary N) is 1. The molecule has 1 N–H and O–H groups in total. The van der Waals surface area contributed by atoms with Gasteiger partial charge in [0.2, 0.25) is 0 Å². The Balaban J connectivity index is 2.04. The Morgan fingerprint density at radius 3 is 2.55 bits per heavy atom. The first-order chi connectivity index (χ1) is 10.6. The van der Waals surface area contributed by atoms with Crippen molar-refractivity contribution in [2.24, 2.45) is 0 Å². The van der Waals surface area contributed by atoms with Gasteiger partial charge < -0.3 is 14.8 Å². The lowest BCUT2D eigenvalue weighted by Gasteiger charge is -2.08. The van der Waals surface area contributed by atoms with Gasteiger partial charge in [0.15, 0.2) is 11.5 Å². The van der Waals surface area contributed by atoms with E-state index in [1.807, 2.05) is 24.3 Å². The van der Waals surface area contributed by atoms with Crippen LogP contribution in [0.25, 0.3) is 11.6 Å². The summed E-state index contributed by atoms with van der Waals surface area (Å²) < 4.78 is 10.5. The van der Waals surface area contributed by atoms with Crippen molar-refractivity contribution in [3.05, 3.63) is 52.5 Å². The van der Waals surface area contributed by atoms with Crippen LogP contribution in [0.1, 0.15) is 11.1 Å². The van der Waals surface area contributed by atoms with Gasteiger partial charge in [-0.3, -0.25) is 4.79 Å². The normalized spacial score (nSPS) is 14.7. The standard InChI is InChI=1S/C17H14ClNO3/c1-21-15-6-3-10(8-16(15)22-2)7-13-12-5-4-11(18)9-14(12)19-17(13)20/h3-9H,1-2H3,(H,19,20)/b13-7+. The molecule has 0 aromatic heterocycles. The van der Waals surface area contributed by atoms with Crippen LogP contribution < -0.4 is 14.8 Å². The summed E-state index contributed by atoms with van der Waals surface area (Å²) in [6.07, 6.45) is 1.82. The minimum absolute atomic E-state index is 0.146. The molecule has 1 aliphatic heterocycles. The quantitative estimate of drug-likeness (QED) is 0.875. The van der Waals surface area contributed by atoms with E-state index in [-0.39, 0.29) is 5.91 Å². The van der Waals surface area contributed by atoms with Gasteiger partial charge in [0.05, 0.1) is 19.9 Å². The number of hydrogen-bond donors (Lipinski definition) is 1.